The highest BCUT2D eigenvalue weighted by Crippen LogP contribution is 2.39. The van der Waals surface area contributed by atoms with Gasteiger partial charge in [0, 0.05) is 25.3 Å². The van der Waals surface area contributed by atoms with Gasteiger partial charge in [-0.15, -0.1) is 0 Å². The third kappa shape index (κ3) is 4.51. The molecule has 1 aliphatic rings. The molecule has 7 heteroatoms. The summed E-state index contributed by atoms with van der Waals surface area (Å²) in [5, 5.41) is 9.35. The minimum Gasteiger partial charge on any atom is -0.478 e. The quantitative estimate of drug-likeness (QED) is 0.530. The molecular weight excluding hydrogens is 436 g/mol. The van der Waals surface area contributed by atoms with E-state index in [-0.39, 0.29) is 16.5 Å². The van der Waals surface area contributed by atoms with Gasteiger partial charge in [0.1, 0.15) is 4.90 Å². The summed E-state index contributed by atoms with van der Waals surface area (Å²) >= 11 is 0. The number of hydrogen-bond donors (Lipinski definition) is 1. The number of para-hydroxylation sites is 1. The molecule has 6 nitrogen and oxygen atoms in total. The number of nitrogens with zero attached hydrogens (tertiary/aromatic N) is 2. The van der Waals surface area contributed by atoms with Crippen LogP contribution < -0.4 is 4.90 Å². The zero-order valence-electron chi connectivity index (χ0n) is 18.8. The highest BCUT2D eigenvalue weighted by Gasteiger charge is 2.36. The Hall–Kier alpha value is -3.16. The Balaban J connectivity index is 1.88. The van der Waals surface area contributed by atoms with Crippen molar-refractivity contribution in [3.63, 3.8) is 0 Å². The number of hydrogen-bond acceptors (Lipinski definition) is 4. The summed E-state index contributed by atoms with van der Waals surface area (Å²) in [6, 6.07) is 21.6. The molecule has 3 aromatic carbocycles. The predicted molar refractivity (Wildman–Crippen MR) is 131 cm³/mol. The normalized spacial score (nSPS) is 17.9. The summed E-state index contributed by atoms with van der Waals surface area (Å²) in [6.07, 6.45) is 2.71. The average Bonchev–Trinajstić information content (AvgIpc) is 2.91. The molecule has 1 aliphatic heterocycles. The fourth-order valence-corrected chi connectivity index (χ4v) is 5.89. The maximum absolute atomic E-state index is 13.7. The fourth-order valence-electron chi connectivity index (χ4n) is 4.30. The van der Waals surface area contributed by atoms with E-state index >= 15 is 0 Å². The number of carbonyl (C=O) groups is 1. The van der Waals surface area contributed by atoms with Crippen molar-refractivity contribution in [3.8, 4) is 11.1 Å². The first-order chi connectivity index (χ1) is 15.8. The topological polar surface area (TPSA) is 77.9 Å². The summed E-state index contributed by atoms with van der Waals surface area (Å²) in [5.74, 6) is -1.02. The molecule has 0 spiro atoms. The van der Waals surface area contributed by atoms with Crippen LogP contribution in [0.25, 0.3) is 11.1 Å². The molecule has 0 aliphatic carbocycles. The molecule has 1 atom stereocenters. The van der Waals surface area contributed by atoms with E-state index in [9.17, 15) is 18.3 Å². The minimum absolute atomic E-state index is 0.160. The van der Waals surface area contributed by atoms with Crippen LogP contribution in [0.2, 0.25) is 0 Å². The molecule has 3 aromatic rings. The van der Waals surface area contributed by atoms with Crippen LogP contribution in [0.15, 0.2) is 77.7 Å². The summed E-state index contributed by atoms with van der Waals surface area (Å²) in [4.78, 5) is 13.7. The second-order valence-corrected chi connectivity index (χ2v) is 10.3. The second kappa shape index (κ2) is 9.37. The van der Waals surface area contributed by atoms with E-state index in [1.807, 2.05) is 42.5 Å². The van der Waals surface area contributed by atoms with Crippen molar-refractivity contribution in [2.75, 3.05) is 18.5 Å². The first-order valence-corrected chi connectivity index (χ1v) is 12.6. The number of anilines is 2. The smallest absolute Gasteiger partial charge is 0.335 e. The van der Waals surface area contributed by atoms with Gasteiger partial charge in [0.15, 0.2) is 0 Å². The maximum atomic E-state index is 13.7. The Labute approximate surface area is 195 Å². The lowest BCUT2D eigenvalue weighted by Crippen LogP contribution is -2.40. The van der Waals surface area contributed by atoms with E-state index in [1.165, 1.54) is 10.4 Å². The Morgan fingerprint density at radius 1 is 1.00 bits per heavy atom. The molecule has 0 radical (unpaired) electrons. The van der Waals surface area contributed by atoms with Gasteiger partial charge in [-0.1, -0.05) is 56.2 Å². The SMILES string of the molecule is CCCCC1CN(c2ccccc2)c2ccc(-c3cccc(C(=O)O)c3)cc2S(=O)(=O)N1C. The second-order valence-electron chi connectivity index (χ2n) is 8.33. The molecule has 0 saturated heterocycles. The zero-order valence-corrected chi connectivity index (χ0v) is 19.6. The Kier molecular flexibility index (Phi) is 6.54. The molecule has 0 fully saturated rings. The van der Waals surface area contributed by atoms with Gasteiger partial charge in [-0.05, 0) is 53.9 Å². The van der Waals surface area contributed by atoms with Crippen molar-refractivity contribution in [2.45, 2.75) is 37.1 Å². The monoisotopic (exact) mass is 464 g/mol. The highest BCUT2D eigenvalue weighted by molar-refractivity contribution is 7.89. The van der Waals surface area contributed by atoms with Crippen LogP contribution in [0.4, 0.5) is 11.4 Å². The van der Waals surface area contributed by atoms with Crippen LogP contribution in [0.1, 0.15) is 36.5 Å². The third-order valence-electron chi connectivity index (χ3n) is 6.22. The number of fused-ring (bicyclic) bond motifs is 1. The average molecular weight is 465 g/mol. The van der Waals surface area contributed by atoms with Gasteiger partial charge in [0.05, 0.1) is 11.3 Å². The van der Waals surface area contributed by atoms with Crippen molar-refractivity contribution in [3.05, 3.63) is 78.4 Å². The highest BCUT2D eigenvalue weighted by atomic mass is 32.2. The molecular formula is C26H28N2O4S. The van der Waals surface area contributed by atoms with E-state index in [0.29, 0.717) is 23.4 Å². The number of likely N-dealkylation sites (N-methyl/N-ethyl adjacent to an activating group) is 1. The Morgan fingerprint density at radius 3 is 2.42 bits per heavy atom. The molecule has 1 heterocycles. The van der Waals surface area contributed by atoms with Gasteiger partial charge >= 0.3 is 5.97 Å². The van der Waals surface area contributed by atoms with Crippen LogP contribution in [-0.2, 0) is 10.0 Å². The van der Waals surface area contributed by atoms with Gasteiger partial charge in [0.2, 0.25) is 10.0 Å². The standard InChI is InChI=1S/C26H28N2O4S/c1-3-4-11-23-18-28(22-12-6-5-7-13-22)24-15-14-20(17-25(24)33(31,32)27(23)2)19-9-8-10-21(16-19)26(29)30/h5-10,12-17,23H,3-4,11,18H2,1-2H3,(H,29,30). The number of carboxylic acids is 1. The van der Waals surface area contributed by atoms with Crippen LogP contribution in [0, 0.1) is 0 Å². The molecule has 0 aromatic heterocycles. The molecule has 0 amide bonds. The third-order valence-corrected chi connectivity index (χ3v) is 8.16. The number of sulfonamides is 1. The first kappa shape index (κ1) is 23.0. The molecule has 0 saturated carbocycles. The van der Waals surface area contributed by atoms with Crippen molar-refractivity contribution in [1.82, 2.24) is 4.31 Å². The van der Waals surface area contributed by atoms with Gasteiger partial charge in [-0.2, -0.15) is 4.31 Å². The van der Waals surface area contributed by atoms with Crippen LogP contribution >= 0.6 is 0 Å². The number of carboxylic acid groups (broad SMARTS) is 1. The summed E-state index contributed by atoms with van der Waals surface area (Å²) in [5.41, 5.74) is 3.05. The summed E-state index contributed by atoms with van der Waals surface area (Å²) in [6.45, 7) is 2.66. The van der Waals surface area contributed by atoms with Crippen molar-refractivity contribution >= 4 is 27.4 Å². The van der Waals surface area contributed by atoms with Gasteiger partial charge in [-0.25, -0.2) is 13.2 Å². The molecule has 1 unspecified atom stereocenters. The molecule has 4 rings (SSSR count). The fraction of sp³-hybridized carbons (Fsp3) is 0.269. The first-order valence-electron chi connectivity index (χ1n) is 11.1. The minimum atomic E-state index is -3.76. The number of aromatic carboxylic acids is 1. The lowest BCUT2D eigenvalue weighted by atomic mass is 10.0. The molecule has 1 N–H and O–H groups in total. The van der Waals surface area contributed by atoms with Gasteiger partial charge < -0.3 is 10.0 Å². The van der Waals surface area contributed by atoms with Crippen molar-refractivity contribution in [2.24, 2.45) is 0 Å². The Morgan fingerprint density at radius 2 is 1.73 bits per heavy atom. The zero-order chi connectivity index (χ0) is 23.6. The van der Waals surface area contributed by atoms with E-state index in [4.69, 9.17) is 0 Å². The lowest BCUT2D eigenvalue weighted by molar-refractivity contribution is 0.0697. The summed E-state index contributed by atoms with van der Waals surface area (Å²) < 4.78 is 29.0. The number of unbranched alkanes of at least 4 members (excludes halogenated alkanes) is 1. The van der Waals surface area contributed by atoms with Gasteiger partial charge in [0.25, 0.3) is 0 Å². The number of rotatable bonds is 6. The van der Waals surface area contributed by atoms with Crippen LogP contribution in [0.3, 0.4) is 0 Å². The van der Waals surface area contributed by atoms with Crippen molar-refractivity contribution < 1.29 is 18.3 Å². The predicted octanol–water partition coefficient (Wildman–Crippen LogP) is 5.38. The van der Waals surface area contributed by atoms with Crippen molar-refractivity contribution in [1.29, 1.82) is 0 Å². The molecule has 33 heavy (non-hydrogen) atoms. The largest absolute Gasteiger partial charge is 0.478 e. The Bertz CT molecular complexity index is 1260. The van der Waals surface area contributed by atoms with Crippen LogP contribution in [-0.4, -0.2) is 43.4 Å². The molecule has 172 valence electrons. The van der Waals surface area contributed by atoms with E-state index < -0.39 is 16.0 Å². The van der Waals surface area contributed by atoms with Crippen LogP contribution in [0.5, 0.6) is 0 Å². The molecule has 0 bridgehead atoms. The van der Waals surface area contributed by atoms with E-state index in [1.54, 1.807) is 31.3 Å². The maximum Gasteiger partial charge on any atom is 0.335 e. The van der Waals surface area contributed by atoms with E-state index in [2.05, 4.69) is 11.8 Å². The van der Waals surface area contributed by atoms with E-state index in [0.717, 1.165) is 24.9 Å². The van der Waals surface area contributed by atoms with Gasteiger partial charge in [-0.3, -0.25) is 0 Å². The number of benzene rings is 3. The lowest BCUT2D eigenvalue weighted by Gasteiger charge is -2.29. The summed E-state index contributed by atoms with van der Waals surface area (Å²) in [7, 11) is -2.10.